The molecule has 0 aliphatic heterocycles. The molecule has 4 N–H and O–H groups in total. The lowest BCUT2D eigenvalue weighted by molar-refractivity contribution is -0.139. The highest BCUT2D eigenvalue weighted by Crippen LogP contribution is 2.21. The van der Waals surface area contributed by atoms with Crippen molar-refractivity contribution in [1.29, 1.82) is 0 Å². The number of benzene rings is 2. The van der Waals surface area contributed by atoms with Gasteiger partial charge in [0, 0.05) is 36.4 Å². The van der Waals surface area contributed by atoms with Crippen molar-refractivity contribution < 1.29 is 14.7 Å². The molecule has 0 saturated carbocycles. The number of carboxylic acid groups (broad SMARTS) is 1. The first-order chi connectivity index (χ1) is 17.6. The first-order valence-corrected chi connectivity index (χ1v) is 11.9. The lowest BCUT2D eigenvalue weighted by atomic mass is 10.1. The number of anilines is 1. The second-order valence-electron chi connectivity index (χ2n) is 8.44. The van der Waals surface area contributed by atoms with Crippen LogP contribution in [0.1, 0.15) is 34.5 Å². The van der Waals surface area contributed by atoms with Crippen LogP contribution < -0.4 is 16.0 Å². The standard InChI is InChI=1S/C28H29N5O3/c34-27(33-25(28(35)36)10-5-15-29-19-23-8-1-2-16-30-23)22-13-11-20(12-14-22)18-32-24-9-3-6-21-7-4-17-31-26(21)24/h1-4,6-9,11-14,16-17,25,29,32H,5,10,15,18-19H2,(H,33,34)(H,35,36)/t25-/m0/s1. The Hall–Kier alpha value is -4.30. The highest BCUT2D eigenvalue weighted by Gasteiger charge is 2.20. The lowest BCUT2D eigenvalue weighted by Gasteiger charge is -2.15. The Morgan fingerprint density at radius 1 is 0.861 bits per heavy atom. The molecular formula is C28H29N5O3. The number of aliphatic carboxylic acids is 1. The van der Waals surface area contributed by atoms with Gasteiger partial charge in [0.25, 0.3) is 5.91 Å². The zero-order chi connectivity index (χ0) is 25.2. The molecule has 0 fully saturated rings. The lowest BCUT2D eigenvalue weighted by Crippen LogP contribution is -2.41. The molecule has 0 spiro atoms. The minimum atomic E-state index is -1.04. The molecule has 8 heteroatoms. The number of aromatic nitrogens is 2. The van der Waals surface area contributed by atoms with Crippen LogP contribution in [0.5, 0.6) is 0 Å². The fourth-order valence-corrected chi connectivity index (χ4v) is 3.87. The van der Waals surface area contributed by atoms with Crippen LogP contribution in [0.3, 0.4) is 0 Å². The Kier molecular flexibility index (Phi) is 8.56. The van der Waals surface area contributed by atoms with Crippen LogP contribution in [0, 0.1) is 0 Å². The van der Waals surface area contributed by atoms with Crippen LogP contribution in [-0.4, -0.2) is 39.5 Å². The average Bonchev–Trinajstić information content (AvgIpc) is 2.91. The molecule has 1 atom stereocenters. The highest BCUT2D eigenvalue weighted by atomic mass is 16.4. The number of nitrogens with one attached hydrogen (secondary N) is 3. The van der Waals surface area contributed by atoms with E-state index in [-0.39, 0.29) is 0 Å². The highest BCUT2D eigenvalue weighted by molar-refractivity contribution is 5.96. The van der Waals surface area contributed by atoms with Crippen molar-refractivity contribution in [2.24, 2.45) is 0 Å². The smallest absolute Gasteiger partial charge is 0.326 e. The molecule has 2 aromatic carbocycles. The number of rotatable bonds is 12. The Morgan fingerprint density at radius 3 is 2.44 bits per heavy atom. The molecule has 8 nitrogen and oxygen atoms in total. The number of hydrogen-bond donors (Lipinski definition) is 4. The molecule has 0 radical (unpaired) electrons. The number of fused-ring (bicyclic) bond motifs is 1. The van der Waals surface area contributed by atoms with Crippen molar-refractivity contribution in [3.63, 3.8) is 0 Å². The van der Waals surface area contributed by atoms with Gasteiger partial charge in [-0.2, -0.15) is 0 Å². The van der Waals surface area contributed by atoms with Gasteiger partial charge in [-0.1, -0.05) is 36.4 Å². The molecular weight excluding hydrogens is 454 g/mol. The fourth-order valence-electron chi connectivity index (χ4n) is 3.87. The predicted molar refractivity (Wildman–Crippen MR) is 140 cm³/mol. The summed E-state index contributed by atoms with van der Waals surface area (Å²) in [7, 11) is 0. The first-order valence-electron chi connectivity index (χ1n) is 11.9. The van der Waals surface area contributed by atoms with Crippen molar-refractivity contribution in [1.82, 2.24) is 20.6 Å². The maximum absolute atomic E-state index is 12.6. The van der Waals surface area contributed by atoms with Gasteiger partial charge in [-0.3, -0.25) is 14.8 Å². The minimum Gasteiger partial charge on any atom is -0.480 e. The van der Waals surface area contributed by atoms with Crippen molar-refractivity contribution in [2.75, 3.05) is 11.9 Å². The normalized spacial score (nSPS) is 11.7. The van der Waals surface area contributed by atoms with E-state index in [1.54, 1.807) is 24.5 Å². The van der Waals surface area contributed by atoms with E-state index in [2.05, 4.69) is 25.9 Å². The number of pyridine rings is 2. The Balaban J connectivity index is 1.25. The Morgan fingerprint density at radius 2 is 1.67 bits per heavy atom. The van der Waals surface area contributed by atoms with Gasteiger partial charge in [0.2, 0.25) is 0 Å². The van der Waals surface area contributed by atoms with Gasteiger partial charge in [-0.15, -0.1) is 0 Å². The molecule has 2 aromatic heterocycles. The largest absolute Gasteiger partial charge is 0.480 e. The number of carbonyl (C=O) groups excluding carboxylic acids is 1. The van der Waals surface area contributed by atoms with Crippen molar-refractivity contribution >= 4 is 28.5 Å². The van der Waals surface area contributed by atoms with Crippen molar-refractivity contribution in [2.45, 2.75) is 32.0 Å². The molecule has 4 rings (SSSR count). The van der Waals surface area contributed by atoms with E-state index in [4.69, 9.17) is 0 Å². The second-order valence-corrected chi connectivity index (χ2v) is 8.44. The van der Waals surface area contributed by atoms with Gasteiger partial charge in [-0.25, -0.2) is 4.79 Å². The average molecular weight is 484 g/mol. The van der Waals surface area contributed by atoms with Crippen molar-refractivity contribution in [3.8, 4) is 0 Å². The number of para-hydroxylation sites is 1. The topological polar surface area (TPSA) is 116 Å². The quantitative estimate of drug-likeness (QED) is 0.225. The SMILES string of the molecule is O=C(N[C@@H](CCCNCc1ccccn1)C(=O)O)c1ccc(CNc2cccc3cccnc23)cc1. The predicted octanol–water partition coefficient (Wildman–Crippen LogP) is 3.99. The summed E-state index contributed by atoms with van der Waals surface area (Å²) < 4.78 is 0. The number of amides is 1. The maximum Gasteiger partial charge on any atom is 0.326 e. The van der Waals surface area contributed by atoms with Crippen LogP contribution >= 0.6 is 0 Å². The van der Waals surface area contributed by atoms with E-state index in [1.165, 1.54) is 0 Å². The zero-order valence-corrected chi connectivity index (χ0v) is 19.9. The van der Waals surface area contributed by atoms with Gasteiger partial charge in [0.15, 0.2) is 0 Å². The van der Waals surface area contributed by atoms with Crippen LogP contribution in [0.4, 0.5) is 5.69 Å². The van der Waals surface area contributed by atoms with Crippen LogP contribution in [0.15, 0.2) is 85.2 Å². The van der Waals surface area contributed by atoms with E-state index < -0.39 is 17.9 Å². The molecule has 4 aromatic rings. The summed E-state index contributed by atoms with van der Waals surface area (Å²) >= 11 is 0. The minimum absolute atomic E-state index is 0.331. The van der Waals surface area contributed by atoms with Gasteiger partial charge in [-0.05, 0) is 61.3 Å². The van der Waals surface area contributed by atoms with Crippen molar-refractivity contribution in [3.05, 3.63) is 102 Å². The summed E-state index contributed by atoms with van der Waals surface area (Å²) in [6, 6.07) is 21.8. The van der Waals surface area contributed by atoms with E-state index in [1.807, 2.05) is 60.7 Å². The molecule has 0 saturated heterocycles. The van der Waals surface area contributed by atoms with E-state index in [0.29, 0.717) is 38.0 Å². The Labute approximate surface area is 209 Å². The molecule has 36 heavy (non-hydrogen) atoms. The van der Waals surface area contributed by atoms with E-state index >= 15 is 0 Å². The first kappa shape index (κ1) is 24.8. The molecule has 1 amide bonds. The Bertz CT molecular complexity index is 1290. The van der Waals surface area contributed by atoms with Gasteiger partial charge < -0.3 is 21.1 Å². The molecule has 0 aliphatic carbocycles. The summed E-state index contributed by atoms with van der Waals surface area (Å²) in [5.74, 6) is -1.45. The number of hydrogen-bond acceptors (Lipinski definition) is 6. The molecule has 2 heterocycles. The summed E-state index contributed by atoms with van der Waals surface area (Å²) in [6.45, 7) is 1.81. The van der Waals surface area contributed by atoms with Crippen LogP contribution in [0.2, 0.25) is 0 Å². The molecule has 0 unspecified atom stereocenters. The van der Waals surface area contributed by atoms with Gasteiger partial charge in [0.05, 0.1) is 16.9 Å². The van der Waals surface area contributed by atoms with Gasteiger partial charge in [0.1, 0.15) is 6.04 Å². The second kappa shape index (κ2) is 12.4. The third-order valence-corrected chi connectivity index (χ3v) is 5.81. The molecule has 184 valence electrons. The molecule has 0 bridgehead atoms. The summed E-state index contributed by atoms with van der Waals surface area (Å²) in [5.41, 5.74) is 4.18. The van der Waals surface area contributed by atoms with Gasteiger partial charge >= 0.3 is 5.97 Å². The third kappa shape index (κ3) is 6.86. The molecule has 0 aliphatic rings. The number of carboxylic acids is 1. The summed E-state index contributed by atoms with van der Waals surface area (Å²) in [5, 5.41) is 19.9. The van der Waals surface area contributed by atoms with E-state index in [0.717, 1.165) is 27.8 Å². The monoisotopic (exact) mass is 483 g/mol. The summed E-state index contributed by atoms with van der Waals surface area (Å²) in [6.07, 6.45) is 4.44. The maximum atomic E-state index is 12.6. The van der Waals surface area contributed by atoms with E-state index in [9.17, 15) is 14.7 Å². The zero-order valence-electron chi connectivity index (χ0n) is 19.9. The number of carbonyl (C=O) groups is 2. The summed E-state index contributed by atoms with van der Waals surface area (Å²) in [4.78, 5) is 33.0. The number of nitrogens with zero attached hydrogens (tertiary/aromatic N) is 2. The van der Waals surface area contributed by atoms with Crippen LogP contribution in [-0.2, 0) is 17.9 Å². The van der Waals surface area contributed by atoms with Crippen LogP contribution in [0.25, 0.3) is 10.9 Å². The third-order valence-electron chi connectivity index (χ3n) is 5.81. The fraction of sp³-hybridized carbons (Fsp3) is 0.214.